The summed E-state index contributed by atoms with van der Waals surface area (Å²) in [6, 6.07) is 10.8. The van der Waals surface area contributed by atoms with Crippen molar-refractivity contribution in [2.45, 2.75) is 31.2 Å². The molecule has 2 aromatic rings. The van der Waals surface area contributed by atoms with Gasteiger partial charge in [-0.1, -0.05) is 30.3 Å². The zero-order valence-corrected chi connectivity index (χ0v) is 14.6. The molecule has 0 unspecified atom stereocenters. The van der Waals surface area contributed by atoms with E-state index in [2.05, 4.69) is 50.6 Å². The second-order valence-corrected chi connectivity index (χ2v) is 6.99. The Bertz CT molecular complexity index is 729. The van der Waals surface area contributed by atoms with Crippen molar-refractivity contribution < 1.29 is 4.79 Å². The molecule has 1 aromatic carbocycles. The van der Waals surface area contributed by atoms with Crippen LogP contribution in [0.15, 0.2) is 30.3 Å². The fraction of sp³-hybridized carbons (Fsp3) is 0.556. The molecule has 7 nitrogen and oxygen atoms in total. The normalized spacial score (nSPS) is 20.8. The Labute approximate surface area is 147 Å². The van der Waals surface area contributed by atoms with E-state index in [1.807, 2.05) is 4.90 Å². The van der Waals surface area contributed by atoms with Crippen molar-refractivity contribution in [3.05, 3.63) is 41.7 Å². The molecule has 7 heteroatoms. The molecule has 1 amide bonds. The average Bonchev–Trinajstić information content (AvgIpc) is 3.34. The minimum atomic E-state index is -0.115. The minimum absolute atomic E-state index is 0.0460. The maximum absolute atomic E-state index is 12.6. The van der Waals surface area contributed by atoms with Crippen molar-refractivity contribution in [2.75, 3.05) is 26.2 Å². The van der Waals surface area contributed by atoms with Gasteiger partial charge in [0, 0.05) is 18.6 Å². The SMILES string of the molecule is Cn1nnc(C(=O)N2CCC(c3ccccc3)(N3CCCC3)CC2)n1. The molecule has 1 aromatic heterocycles. The largest absolute Gasteiger partial charge is 0.336 e. The smallest absolute Gasteiger partial charge is 0.295 e. The molecule has 2 aliphatic rings. The number of likely N-dealkylation sites (tertiary alicyclic amines) is 2. The number of tetrazole rings is 1. The lowest BCUT2D eigenvalue weighted by Gasteiger charge is -2.48. The molecule has 0 N–H and O–H groups in total. The fourth-order valence-corrected chi connectivity index (χ4v) is 4.27. The summed E-state index contributed by atoms with van der Waals surface area (Å²) in [5.74, 6) is 0.0760. The number of carbonyl (C=O) groups excluding carboxylic acids is 1. The standard InChI is InChI=1S/C18H24N6O/c1-22-20-16(19-21-22)17(25)23-13-9-18(10-14-23,24-11-5-6-12-24)15-7-3-2-4-8-15/h2-4,7-8H,5-6,9-14H2,1H3. The minimum Gasteiger partial charge on any atom is -0.336 e. The highest BCUT2D eigenvalue weighted by Gasteiger charge is 2.43. The van der Waals surface area contributed by atoms with Crippen molar-refractivity contribution in [2.24, 2.45) is 7.05 Å². The molecule has 0 aliphatic carbocycles. The second kappa shape index (κ2) is 6.55. The molecule has 25 heavy (non-hydrogen) atoms. The predicted molar refractivity (Wildman–Crippen MR) is 92.9 cm³/mol. The summed E-state index contributed by atoms with van der Waals surface area (Å²) in [4.78, 5) is 18.4. The van der Waals surface area contributed by atoms with Crippen molar-refractivity contribution in [3.8, 4) is 0 Å². The molecule has 0 spiro atoms. The van der Waals surface area contributed by atoms with Gasteiger partial charge in [-0.2, -0.15) is 4.80 Å². The summed E-state index contributed by atoms with van der Waals surface area (Å²) in [5, 5.41) is 11.7. The maximum atomic E-state index is 12.6. The van der Waals surface area contributed by atoms with Crippen LogP contribution in [-0.4, -0.2) is 62.1 Å². The van der Waals surface area contributed by atoms with Crippen molar-refractivity contribution in [3.63, 3.8) is 0 Å². The Balaban J connectivity index is 1.55. The zero-order chi connectivity index (χ0) is 17.3. The number of aromatic nitrogens is 4. The third kappa shape index (κ3) is 2.93. The van der Waals surface area contributed by atoms with Crippen LogP contribution in [-0.2, 0) is 12.6 Å². The average molecular weight is 340 g/mol. The van der Waals surface area contributed by atoms with E-state index < -0.39 is 0 Å². The van der Waals surface area contributed by atoms with E-state index in [0.717, 1.165) is 39.0 Å². The molecule has 0 radical (unpaired) electrons. The molecule has 0 bridgehead atoms. The van der Waals surface area contributed by atoms with Crippen LogP contribution in [0.2, 0.25) is 0 Å². The number of benzene rings is 1. The van der Waals surface area contributed by atoms with Crippen LogP contribution < -0.4 is 0 Å². The van der Waals surface area contributed by atoms with Gasteiger partial charge in [-0.15, -0.1) is 10.2 Å². The number of hydrogen-bond donors (Lipinski definition) is 0. The summed E-state index contributed by atoms with van der Waals surface area (Å²) in [6.07, 6.45) is 4.42. The van der Waals surface area contributed by atoms with E-state index in [-0.39, 0.29) is 17.3 Å². The molecule has 132 valence electrons. The van der Waals surface area contributed by atoms with Crippen LogP contribution in [0.1, 0.15) is 41.9 Å². The Morgan fingerprint density at radius 2 is 1.72 bits per heavy atom. The van der Waals surface area contributed by atoms with Crippen LogP contribution in [0, 0.1) is 0 Å². The van der Waals surface area contributed by atoms with Gasteiger partial charge in [0.15, 0.2) is 0 Å². The van der Waals surface area contributed by atoms with Crippen molar-refractivity contribution >= 4 is 5.91 Å². The third-order valence-corrected chi connectivity index (χ3v) is 5.60. The van der Waals surface area contributed by atoms with E-state index >= 15 is 0 Å². The molecule has 2 saturated heterocycles. The summed E-state index contributed by atoms with van der Waals surface area (Å²) < 4.78 is 0. The van der Waals surface area contributed by atoms with Gasteiger partial charge in [0.1, 0.15) is 0 Å². The van der Waals surface area contributed by atoms with Gasteiger partial charge in [-0.25, -0.2) is 0 Å². The summed E-state index contributed by atoms with van der Waals surface area (Å²) in [7, 11) is 1.67. The van der Waals surface area contributed by atoms with Crippen LogP contribution in [0.4, 0.5) is 0 Å². The van der Waals surface area contributed by atoms with E-state index in [1.54, 1.807) is 7.05 Å². The molecule has 0 atom stereocenters. The number of piperidine rings is 1. The van der Waals surface area contributed by atoms with Crippen molar-refractivity contribution in [1.82, 2.24) is 30.0 Å². The highest BCUT2D eigenvalue weighted by atomic mass is 16.2. The number of nitrogens with zero attached hydrogens (tertiary/aromatic N) is 6. The van der Waals surface area contributed by atoms with E-state index in [9.17, 15) is 4.79 Å². The lowest BCUT2D eigenvalue weighted by Crippen LogP contribution is -2.53. The molecule has 0 saturated carbocycles. The van der Waals surface area contributed by atoms with E-state index in [0.29, 0.717) is 0 Å². The van der Waals surface area contributed by atoms with Crippen molar-refractivity contribution in [1.29, 1.82) is 0 Å². The molecular weight excluding hydrogens is 316 g/mol. The van der Waals surface area contributed by atoms with Gasteiger partial charge < -0.3 is 4.90 Å². The first-order chi connectivity index (χ1) is 12.2. The quantitative estimate of drug-likeness (QED) is 0.846. The van der Waals surface area contributed by atoms with Crippen LogP contribution >= 0.6 is 0 Å². The number of aryl methyl sites for hydroxylation is 1. The number of hydrogen-bond acceptors (Lipinski definition) is 5. The summed E-state index contributed by atoms with van der Waals surface area (Å²) in [5.41, 5.74) is 1.42. The van der Waals surface area contributed by atoms with Crippen LogP contribution in [0.3, 0.4) is 0 Å². The van der Waals surface area contributed by atoms with Gasteiger partial charge in [-0.05, 0) is 49.5 Å². The number of amides is 1. The zero-order valence-electron chi connectivity index (χ0n) is 14.6. The molecule has 2 aliphatic heterocycles. The lowest BCUT2D eigenvalue weighted by molar-refractivity contribution is 0.0288. The number of carbonyl (C=O) groups is 1. The molecule has 2 fully saturated rings. The molecule has 4 rings (SSSR count). The van der Waals surface area contributed by atoms with Gasteiger partial charge in [-0.3, -0.25) is 9.69 Å². The Hall–Kier alpha value is -2.28. The topological polar surface area (TPSA) is 67.2 Å². The molecule has 3 heterocycles. The summed E-state index contributed by atoms with van der Waals surface area (Å²) >= 11 is 0. The Morgan fingerprint density at radius 3 is 2.32 bits per heavy atom. The summed E-state index contributed by atoms with van der Waals surface area (Å²) in [6.45, 7) is 3.74. The lowest BCUT2D eigenvalue weighted by atomic mass is 9.79. The first-order valence-electron chi connectivity index (χ1n) is 9.03. The third-order valence-electron chi connectivity index (χ3n) is 5.60. The van der Waals surface area contributed by atoms with Gasteiger partial charge in [0.2, 0.25) is 0 Å². The Kier molecular flexibility index (Phi) is 4.25. The fourth-order valence-electron chi connectivity index (χ4n) is 4.27. The van der Waals surface area contributed by atoms with E-state index in [1.165, 1.54) is 23.2 Å². The first kappa shape index (κ1) is 16.2. The maximum Gasteiger partial charge on any atom is 0.295 e. The highest BCUT2D eigenvalue weighted by molar-refractivity contribution is 5.90. The predicted octanol–water partition coefficient (Wildman–Crippen LogP) is 1.44. The van der Waals surface area contributed by atoms with Crippen LogP contribution in [0.25, 0.3) is 0 Å². The highest BCUT2D eigenvalue weighted by Crippen LogP contribution is 2.40. The Morgan fingerprint density at radius 1 is 1.04 bits per heavy atom. The van der Waals surface area contributed by atoms with Gasteiger partial charge in [0.25, 0.3) is 11.7 Å². The van der Waals surface area contributed by atoms with Gasteiger partial charge >= 0.3 is 0 Å². The first-order valence-corrected chi connectivity index (χ1v) is 9.03. The van der Waals surface area contributed by atoms with Crippen LogP contribution in [0.5, 0.6) is 0 Å². The monoisotopic (exact) mass is 340 g/mol. The number of rotatable bonds is 3. The van der Waals surface area contributed by atoms with Gasteiger partial charge in [0.05, 0.1) is 7.05 Å². The molecular formula is C18H24N6O. The van der Waals surface area contributed by atoms with E-state index in [4.69, 9.17) is 0 Å². The second-order valence-electron chi connectivity index (χ2n) is 6.99.